The lowest BCUT2D eigenvalue weighted by molar-refractivity contribution is 0.0603. The van der Waals surface area contributed by atoms with E-state index in [0.717, 1.165) is 13.0 Å². The first kappa shape index (κ1) is 15.8. The molecule has 0 bridgehead atoms. The number of anilines is 2. The van der Waals surface area contributed by atoms with Crippen LogP contribution in [0.15, 0.2) is 0 Å². The summed E-state index contributed by atoms with van der Waals surface area (Å²) in [6.45, 7) is 4.75. The molecular formula is C15H22N2O3S. The molecule has 116 valence electrons. The van der Waals surface area contributed by atoms with E-state index in [2.05, 4.69) is 12.2 Å². The molecular weight excluding hydrogens is 288 g/mol. The number of methoxy groups -OCH3 is 1. The summed E-state index contributed by atoms with van der Waals surface area (Å²) >= 11 is 1.25. The molecule has 1 aromatic heterocycles. The lowest BCUT2D eigenvalue weighted by Gasteiger charge is -2.14. The van der Waals surface area contributed by atoms with Crippen LogP contribution in [0.4, 0.5) is 10.7 Å². The maximum atomic E-state index is 11.9. The van der Waals surface area contributed by atoms with Crippen LogP contribution in [-0.2, 0) is 4.74 Å². The van der Waals surface area contributed by atoms with Gasteiger partial charge in [0.15, 0.2) is 5.78 Å². The fourth-order valence-corrected chi connectivity index (χ4v) is 3.45. The van der Waals surface area contributed by atoms with Crippen molar-refractivity contribution >= 4 is 33.8 Å². The average Bonchev–Trinajstić information content (AvgIpc) is 3.21. The highest BCUT2D eigenvalue weighted by atomic mass is 32.1. The molecule has 0 aromatic carbocycles. The highest BCUT2D eigenvalue weighted by Gasteiger charge is 2.40. The largest absolute Gasteiger partial charge is 0.465 e. The minimum atomic E-state index is -0.497. The molecule has 3 N–H and O–H groups in total. The van der Waals surface area contributed by atoms with Gasteiger partial charge in [0.2, 0.25) is 0 Å². The van der Waals surface area contributed by atoms with Gasteiger partial charge in [0.25, 0.3) is 0 Å². The fourth-order valence-electron chi connectivity index (χ4n) is 2.34. The quantitative estimate of drug-likeness (QED) is 0.596. The third-order valence-corrected chi connectivity index (χ3v) is 5.44. The number of rotatable bonds is 7. The van der Waals surface area contributed by atoms with E-state index in [1.165, 1.54) is 31.3 Å². The van der Waals surface area contributed by atoms with Crippen molar-refractivity contribution in [3.8, 4) is 0 Å². The van der Waals surface area contributed by atoms with E-state index in [1.807, 2.05) is 0 Å². The van der Waals surface area contributed by atoms with Gasteiger partial charge >= 0.3 is 5.97 Å². The molecule has 1 aliphatic rings. The van der Waals surface area contributed by atoms with Gasteiger partial charge in [0.05, 0.1) is 17.7 Å². The molecule has 1 fully saturated rings. The molecule has 2 rings (SSSR count). The number of ketones is 1. The Balaban J connectivity index is 2.29. The third kappa shape index (κ3) is 3.05. The van der Waals surface area contributed by atoms with Crippen molar-refractivity contribution in [2.24, 2.45) is 5.41 Å². The van der Waals surface area contributed by atoms with Crippen molar-refractivity contribution in [2.75, 3.05) is 24.7 Å². The van der Waals surface area contributed by atoms with Gasteiger partial charge in [-0.3, -0.25) is 4.79 Å². The molecule has 0 saturated heterocycles. The van der Waals surface area contributed by atoms with E-state index in [0.29, 0.717) is 27.3 Å². The highest BCUT2D eigenvalue weighted by molar-refractivity contribution is 7.19. The molecule has 5 nitrogen and oxygen atoms in total. The van der Waals surface area contributed by atoms with Crippen LogP contribution in [0.1, 0.15) is 59.6 Å². The number of nitrogens with two attached hydrogens (primary N) is 1. The summed E-state index contributed by atoms with van der Waals surface area (Å²) in [4.78, 5) is 24.3. The Kier molecular flexibility index (Phi) is 4.56. The monoisotopic (exact) mass is 310 g/mol. The van der Waals surface area contributed by atoms with Crippen molar-refractivity contribution < 1.29 is 14.3 Å². The molecule has 6 heteroatoms. The molecule has 0 amide bonds. The van der Waals surface area contributed by atoms with Crippen LogP contribution in [0, 0.1) is 5.41 Å². The second-order valence-electron chi connectivity index (χ2n) is 5.52. The van der Waals surface area contributed by atoms with Gasteiger partial charge in [-0.05, 0) is 24.7 Å². The zero-order chi connectivity index (χ0) is 15.6. The summed E-state index contributed by atoms with van der Waals surface area (Å²) in [5, 5.41) is 3.96. The number of hydrogen-bond donors (Lipinski definition) is 2. The van der Waals surface area contributed by atoms with Crippen molar-refractivity contribution in [1.82, 2.24) is 0 Å². The second-order valence-corrected chi connectivity index (χ2v) is 6.55. The Morgan fingerprint density at radius 2 is 2.05 bits per heavy atom. The molecule has 0 atom stereocenters. The second kappa shape index (κ2) is 6.05. The maximum Gasteiger partial charge on any atom is 0.343 e. The fraction of sp³-hybridized carbons (Fsp3) is 0.600. The standard InChI is InChI=1S/C15H22N2O3S/c1-4-9(18)12-11(16)10(14(19)20-3)13(21-12)17-8-15(5-2)6-7-15/h17H,4-8,16H2,1-3H3. The number of carbonyl (C=O) groups is 2. The van der Waals surface area contributed by atoms with E-state index >= 15 is 0 Å². The predicted molar refractivity (Wildman–Crippen MR) is 85.1 cm³/mol. The van der Waals surface area contributed by atoms with Crippen LogP contribution in [0.3, 0.4) is 0 Å². The predicted octanol–water partition coefficient (Wildman–Crippen LogP) is 3.31. The first-order chi connectivity index (χ1) is 9.98. The van der Waals surface area contributed by atoms with Gasteiger partial charge in [-0.1, -0.05) is 13.8 Å². The Hall–Kier alpha value is -1.56. The summed E-state index contributed by atoms with van der Waals surface area (Å²) in [5.41, 5.74) is 6.86. The first-order valence-corrected chi connectivity index (χ1v) is 8.07. The third-order valence-electron chi connectivity index (χ3n) is 4.24. The smallest absolute Gasteiger partial charge is 0.343 e. The Bertz CT molecular complexity index is 562. The number of Topliss-reactive ketones (excluding diaryl/α,β-unsaturated/α-hetero) is 1. The number of esters is 1. The van der Waals surface area contributed by atoms with E-state index in [9.17, 15) is 9.59 Å². The Morgan fingerprint density at radius 1 is 1.38 bits per heavy atom. The zero-order valence-corrected chi connectivity index (χ0v) is 13.6. The minimum absolute atomic E-state index is 0.0488. The molecule has 1 heterocycles. The van der Waals surface area contributed by atoms with Crippen molar-refractivity contribution in [2.45, 2.75) is 39.5 Å². The SMILES string of the molecule is CCC(=O)c1sc(NCC2(CC)CC2)c(C(=O)OC)c1N. The zero-order valence-electron chi connectivity index (χ0n) is 12.7. The van der Waals surface area contributed by atoms with Crippen molar-refractivity contribution in [1.29, 1.82) is 0 Å². The van der Waals surface area contributed by atoms with Gasteiger partial charge in [-0.2, -0.15) is 0 Å². The van der Waals surface area contributed by atoms with Gasteiger partial charge in [0.1, 0.15) is 10.6 Å². The lowest BCUT2D eigenvalue weighted by Crippen LogP contribution is -2.16. The number of ether oxygens (including phenoxy) is 1. The first-order valence-electron chi connectivity index (χ1n) is 7.25. The summed E-state index contributed by atoms with van der Waals surface area (Å²) in [7, 11) is 1.32. The van der Waals surface area contributed by atoms with Gasteiger partial charge in [-0.25, -0.2) is 4.79 Å². The van der Waals surface area contributed by atoms with Crippen LogP contribution >= 0.6 is 11.3 Å². The van der Waals surface area contributed by atoms with Crippen LogP contribution in [-0.4, -0.2) is 25.4 Å². The lowest BCUT2D eigenvalue weighted by atomic mass is 10.0. The topological polar surface area (TPSA) is 81.4 Å². The number of nitrogen functional groups attached to an aromatic ring is 1. The van der Waals surface area contributed by atoms with Gasteiger partial charge in [-0.15, -0.1) is 11.3 Å². The van der Waals surface area contributed by atoms with Crippen LogP contribution in [0.25, 0.3) is 0 Å². The molecule has 0 unspecified atom stereocenters. The number of nitrogens with one attached hydrogen (secondary N) is 1. The molecule has 1 saturated carbocycles. The molecule has 1 aliphatic carbocycles. The number of thiophene rings is 1. The Labute approximate surface area is 128 Å². The number of carbonyl (C=O) groups excluding carboxylic acids is 2. The normalized spacial score (nSPS) is 15.6. The maximum absolute atomic E-state index is 11.9. The van der Waals surface area contributed by atoms with Crippen molar-refractivity contribution in [3.05, 3.63) is 10.4 Å². The van der Waals surface area contributed by atoms with Crippen molar-refractivity contribution in [3.63, 3.8) is 0 Å². The van der Waals surface area contributed by atoms with E-state index in [-0.39, 0.29) is 11.5 Å². The molecule has 0 radical (unpaired) electrons. The van der Waals surface area contributed by atoms with Gasteiger partial charge in [0, 0.05) is 13.0 Å². The highest BCUT2D eigenvalue weighted by Crippen LogP contribution is 2.49. The Morgan fingerprint density at radius 3 is 2.52 bits per heavy atom. The van der Waals surface area contributed by atoms with Gasteiger partial charge < -0.3 is 15.8 Å². The average molecular weight is 310 g/mol. The van der Waals surface area contributed by atoms with Crippen LogP contribution in [0.5, 0.6) is 0 Å². The van der Waals surface area contributed by atoms with E-state index in [4.69, 9.17) is 10.5 Å². The minimum Gasteiger partial charge on any atom is -0.465 e. The van der Waals surface area contributed by atoms with E-state index in [1.54, 1.807) is 6.92 Å². The number of hydrogen-bond acceptors (Lipinski definition) is 6. The molecule has 0 aliphatic heterocycles. The summed E-state index contributed by atoms with van der Waals surface area (Å²) in [5.74, 6) is -0.546. The molecule has 0 spiro atoms. The summed E-state index contributed by atoms with van der Waals surface area (Å²) in [6.07, 6.45) is 3.87. The van der Waals surface area contributed by atoms with E-state index < -0.39 is 5.97 Å². The summed E-state index contributed by atoms with van der Waals surface area (Å²) < 4.78 is 4.79. The molecule has 21 heavy (non-hydrogen) atoms. The summed E-state index contributed by atoms with van der Waals surface area (Å²) in [6, 6.07) is 0. The van der Waals surface area contributed by atoms with Crippen LogP contribution in [0.2, 0.25) is 0 Å². The van der Waals surface area contributed by atoms with Crippen LogP contribution < -0.4 is 11.1 Å². The molecule has 1 aromatic rings.